The molecule has 1 aromatic heterocycles. The van der Waals surface area contributed by atoms with Gasteiger partial charge in [-0.3, -0.25) is 23.7 Å². The monoisotopic (exact) mass is 578 g/mol. The molecular weight excluding hydrogens is 548 g/mol. The van der Waals surface area contributed by atoms with Crippen molar-refractivity contribution < 1.29 is 46.2 Å². The number of aliphatic hydroxyl groups is 1. The van der Waals surface area contributed by atoms with Crippen LogP contribution in [0.5, 0.6) is 5.75 Å². The third-order valence-electron chi connectivity index (χ3n) is 5.91. The number of alkyl halides is 2. The highest BCUT2D eigenvalue weighted by molar-refractivity contribution is 7.54. The zero-order valence-electron chi connectivity index (χ0n) is 21.6. The van der Waals surface area contributed by atoms with E-state index >= 15 is 4.39 Å². The molecule has 0 spiro atoms. The molecule has 15 heteroatoms. The number of rotatable bonds is 11. The molecule has 1 saturated heterocycles. The number of nitrogens with zero attached hydrogens (tertiary/aromatic N) is 1. The second-order valence-corrected chi connectivity index (χ2v) is 11.5. The Bertz CT molecular complexity index is 1320. The lowest BCUT2D eigenvalue weighted by Crippen LogP contribution is -2.48. The van der Waals surface area contributed by atoms with Crippen LogP contribution in [0.3, 0.4) is 0 Å². The number of hydrogen-bond donors (Lipinski definition) is 2. The predicted octanol–water partition coefficient (Wildman–Crippen LogP) is 2.88. The van der Waals surface area contributed by atoms with Gasteiger partial charge in [-0.15, -0.1) is 0 Å². The molecule has 2 aromatic rings. The Hall–Kier alpha value is -2.93. The van der Waals surface area contributed by atoms with Crippen molar-refractivity contribution in [2.75, 3.05) is 12.8 Å². The van der Waals surface area contributed by atoms with Crippen LogP contribution in [-0.4, -0.2) is 63.5 Å². The van der Waals surface area contributed by atoms with E-state index in [1.54, 1.807) is 37.0 Å². The fourth-order valence-electron chi connectivity index (χ4n) is 4.02. The van der Waals surface area contributed by atoms with Crippen molar-refractivity contribution in [3.63, 3.8) is 0 Å². The summed E-state index contributed by atoms with van der Waals surface area (Å²) in [7, 11) is -4.28. The number of aliphatic hydroxyl groups excluding tert-OH is 1. The van der Waals surface area contributed by atoms with Crippen molar-refractivity contribution in [3.8, 4) is 5.75 Å². The van der Waals surface area contributed by atoms with Crippen molar-refractivity contribution in [1.82, 2.24) is 9.55 Å². The van der Waals surface area contributed by atoms with Gasteiger partial charge >= 0.3 is 19.3 Å². The lowest BCUT2D eigenvalue weighted by molar-refractivity contribution is -0.151. The molecule has 216 valence electrons. The summed E-state index contributed by atoms with van der Waals surface area (Å²) in [6, 6.07) is 7.80. The molecule has 0 radical (unpaired) electrons. The number of carbonyl (C=O) groups is 1. The Balaban J connectivity index is 1.91. The minimum Gasteiger partial charge on any atom is -0.463 e. The van der Waals surface area contributed by atoms with Crippen LogP contribution in [0.15, 0.2) is 46.1 Å². The van der Waals surface area contributed by atoms with Crippen LogP contribution in [-0.2, 0) is 23.4 Å². The summed E-state index contributed by atoms with van der Waals surface area (Å²) in [6.07, 6.45) is -8.35. The van der Waals surface area contributed by atoms with Crippen molar-refractivity contribution in [1.29, 1.82) is 0 Å². The molecule has 0 aliphatic carbocycles. The fraction of sp³-hybridized carbons (Fsp3) is 0.542. The number of carbonyl (C=O) groups excluding carboxylic acids is 1. The molecule has 0 bridgehead atoms. The Morgan fingerprint density at radius 3 is 2.46 bits per heavy atom. The van der Waals surface area contributed by atoms with Gasteiger partial charge in [0.25, 0.3) is 5.56 Å². The van der Waals surface area contributed by atoms with E-state index < -0.39 is 85.7 Å². The molecule has 2 heterocycles. The first-order chi connectivity index (χ1) is 18.2. The third kappa shape index (κ3) is 6.81. The molecule has 2 N–H and O–H groups in total. The summed E-state index contributed by atoms with van der Waals surface area (Å²) in [5.41, 5.74) is -5.99. The van der Waals surface area contributed by atoms with Crippen LogP contribution >= 0.6 is 7.60 Å². The lowest BCUT2D eigenvalue weighted by Gasteiger charge is -2.29. The Kier molecular flexibility index (Phi) is 9.47. The van der Waals surface area contributed by atoms with Crippen LogP contribution in [0.4, 0.5) is 13.2 Å². The summed E-state index contributed by atoms with van der Waals surface area (Å²) in [5.74, 6) is -3.04. The standard InChI is InChI=1S/C24H30F3N2O9P/c1-13(2)35-21(32)14(3)11-39(34,38-16-8-6-5-7-9-16)37-15(4)18-19(30)24(27,12-25)22(36-18)29-10-17(26)20(31)28-23(29)33/h5-10,13-15,18-19,22,30H,11-12H2,1-4H3,(H,28,31,33)/t14-,15-,18-,19+,22-,24?,39+/m1/s1. The predicted molar refractivity (Wildman–Crippen MR) is 131 cm³/mol. The third-order valence-corrected chi connectivity index (χ3v) is 8.05. The summed E-state index contributed by atoms with van der Waals surface area (Å²) in [4.78, 5) is 37.6. The van der Waals surface area contributed by atoms with Crippen molar-refractivity contribution in [3.05, 3.63) is 63.2 Å². The number of halogens is 3. The number of aromatic nitrogens is 2. The van der Waals surface area contributed by atoms with Crippen LogP contribution in [0, 0.1) is 11.7 Å². The molecule has 1 fully saturated rings. The molecule has 1 aromatic carbocycles. The van der Waals surface area contributed by atoms with Crippen LogP contribution < -0.4 is 15.8 Å². The molecule has 11 nitrogen and oxygen atoms in total. The van der Waals surface area contributed by atoms with Crippen LogP contribution in [0.1, 0.15) is 33.9 Å². The molecule has 3 rings (SSSR count). The number of benzene rings is 1. The fourth-order valence-corrected chi connectivity index (χ4v) is 6.11. The van der Waals surface area contributed by atoms with Crippen molar-refractivity contribution >= 4 is 13.6 Å². The topological polar surface area (TPSA) is 146 Å². The second-order valence-electron chi connectivity index (χ2n) is 9.50. The summed E-state index contributed by atoms with van der Waals surface area (Å²) < 4.78 is 79.4. The molecule has 1 unspecified atom stereocenters. The summed E-state index contributed by atoms with van der Waals surface area (Å²) in [6.45, 7) is 4.05. The zero-order chi connectivity index (χ0) is 29.1. The number of nitrogens with one attached hydrogen (secondary N) is 1. The number of aromatic amines is 1. The smallest absolute Gasteiger partial charge is 0.380 e. The molecular formula is C24H30F3N2O9P. The number of para-hydroxylation sites is 1. The van der Waals surface area contributed by atoms with Gasteiger partial charge in [0.2, 0.25) is 11.5 Å². The van der Waals surface area contributed by atoms with Gasteiger partial charge in [0, 0.05) is 0 Å². The Morgan fingerprint density at radius 2 is 1.87 bits per heavy atom. The van der Waals surface area contributed by atoms with Gasteiger partial charge in [-0.1, -0.05) is 25.1 Å². The molecule has 7 atom stereocenters. The Morgan fingerprint density at radius 1 is 1.23 bits per heavy atom. The van der Waals surface area contributed by atoms with Gasteiger partial charge < -0.3 is 19.1 Å². The van der Waals surface area contributed by atoms with Crippen LogP contribution in [0.2, 0.25) is 0 Å². The summed E-state index contributed by atoms with van der Waals surface area (Å²) >= 11 is 0. The van der Waals surface area contributed by atoms with E-state index in [0.717, 1.165) is 0 Å². The maximum Gasteiger partial charge on any atom is 0.380 e. The number of hydrogen-bond acceptors (Lipinski definition) is 9. The first-order valence-electron chi connectivity index (χ1n) is 12.0. The average molecular weight is 578 g/mol. The number of H-pyrrole nitrogens is 1. The van der Waals surface area contributed by atoms with Gasteiger partial charge in [0.05, 0.1) is 30.5 Å². The minimum atomic E-state index is -4.28. The maximum atomic E-state index is 15.7. The highest BCUT2D eigenvalue weighted by atomic mass is 31.2. The average Bonchev–Trinajstić information content (AvgIpc) is 3.12. The van der Waals surface area contributed by atoms with Gasteiger partial charge in [-0.2, -0.15) is 4.39 Å². The largest absolute Gasteiger partial charge is 0.463 e. The first kappa shape index (κ1) is 30.6. The molecule has 0 amide bonds. The minimum absolute atomic E-state index is 0.113. The van der Waals surface area contributed by atoms with E-state index in [9.17, 15) is 32.8 Å². The van der Waals surface area contributed by atoms with Gasteiger partial charge in [0.1, 0.15) is 24.6 Å². The van der Waals surface area contributed by atoms with E-state index in [0.29, 0.717) is 6.20 Å². The first-order valence-corrected chi connectivity index (χ1v) is 13.8. The van der Waals surface area contributed by atoms with Crippen molar-refractivity contribution in [2.45, 2.75) is 64.0 Å². The van der Waals surface area contributed by atoms with Crippen molar-refractivity contribution in [2.24, 2.45) is 5.92 Å². The highest BCUT2D eigenvalue weighted by Gasteiger charge is 2.61. The zero-order valence-corrected chi connectivity index (χ0v) is 22.5. The summed E-state index contributed by atoms with van der Waals surface area (Å²) in [5, 5.41) is 10.7. The Labute approximate surface area is 221 Å². The quantitative estimate of drug-likeness (QED) is 0.304. The van der Waals surface area contributed by atoms with E-state index in [-0.39, 0.29) is 10.3 Å². The second kappa shape index (κ2) is 12.1. The normalized spacial score (nSPS) is 26.1. The van der Waals surface area contributed by atoms with E-state index in [1.807, 2.05) is 0 Å². The lowest BCUT2D eigenvalue weighted by atomic mass is 9.95. The molecule has 1 aliphatic heterocycles. The van der Waals surface area contributed by atoms with Crippen LogP contribution in [0.25, 0.3) is 0 Å². The van der Waals surface area contributed by atoms with E-state index in [1.165, 1.54) is 26.0 Å². The number of ether oxygens (including phenoxy) is 2. The molecule has 0 saturated carbocycles. The van der Waals surface area contributed by atoms with Gasteiger partial charge in [-0.25, -0.2) is 18.1 Å². The van der Waals surface area contributed by atoms with E-state index in [2.05, 4.69) is 0 Å². The molecule has 1 aliphatic rings. The maximum absolute atomic E-state index is 15.7. The number of esters is 1. The van der Waals surface area contributed by atoms with E-state index in [4.69, 9.17) is 18.5 Å². The van der Waals surface area contributed by atoms with Gasteiger partial charge in [0.15, 0.2) is 6.23 Å². The molecule has 39 heavy (non-hydrogen) atoms. The SMILES string of the molecule is CC(C)OC(=O)[C@H](C)C[P@@](=O)(Oc1ccccc1)O[C@H](C)[C@H]1O[C@@H](n2cc(F)c(=O)[nH]c2=O)C(F)(CF)[C@H]1O. The highest BCUT2D eigenvalue weighted by Crippen LogP contribution is 2.53. The van der Waals surface area contributed by atoms with Gasteiger partial charge in [-0.05, 0) is 32.9 Å².